The van der Waals surface area contributed by atoms with E-state index in [-0.39, 0.29) is 5.91 Å². The van der Waals surface area contributed by atoms with Crippen molar-refractivity contribution in [2.75, 3.05) is 23.3 Å². The lowest BCUT2D eigenvalue weighted by molar-refractivity contribution is -0.136. The number of carbonyl (C=O) groups excluding carboxylic acids is 3. The lowest BCUT2D eigenvalue weighted by Crippen LogP contribution is -2.35. The van der Waals surface area contributed by atoms with E-state index in [4.69, 9.17) is 0 Å². The predicted molar refractivity (Wildman–Crippen MR) is 80.1 cm³/mol. The first kappa shape index (κ1) is 15.0. The van der Waals surface area contributed by atoms with Crippen LogP contribution in [0.3, 0.4) is 0 Å². The van der Waals surface area contributed by atoms with Crippen LogP contribution in [-0.2, 0) is 20.8 Å². The summed E-state index contributed by atoms with van der Waals surface area (Å²) in [5, 5.41) is 4.99. The summed E-state index contributed by atoms with van der Waals surface area (Å²) in [5.74, 6) is -1.40. The SMILES string of the molecule is CCNC(=O)C(=O)Nc1ccc2c(c1)N(C(C)=O)CCC2. The first-order valence-electron chi connectivity index (χ1n) is 7.03. The highest BCUT2D eigenvalue weighted by Crippen LogP contribution is 2.30. The van der Waals surface area contributed by atoms with Crippen LogP contribution in [0.15, 0.2) is 18.2 Å². The normalized spacial score (nSPS) is 13.3. The Balaban J connectivity index is 2.20. The highest BCUT2D eigenvalue weighted by atomic mass is 16.2. The Morgan fingerprint density at radius 3 is 2.67 bits per heavy atom. The summed E-state index contributed by atoms with van der Waals surface area (Å²) in [6.45, 7) is 4.34. The molecule has 21 heavy (non-hydrogen) atoms. The van der Waals surface area contributed by atoms with E-state index in [0.717, 1.165) is 24.1 Å². The Hall–Kier alpha value is -2.37. The second-order valence-electron chi connectivity index (χ2n) is 4.93. The van der Waals surface area contributed by atoms with E-state index in [1.807, 2.05) is 6.07 Å². The summed E-state index contributed by atoms with van der Waals surface area (Å²) in [7, 11) is 0. The molecule has 6 nitrogen and oxygen atoms in total. The molecule has 2 N–H and O–H groups in total. The molecule has 0 bridgehead atoms. The number of nitrogens with zero attached hydrogens (tertiary/aromatic N) is 1. The second kappa shape index (κ2) is 6.39. The van der Waals surface area contributed by atoms with E-state index in [0.29, 0.717) is 18.8 Å². The number of likely N-dealkylation sites (N-methyl/N-ethyl adjacent to an activating group) is 1. The van der Waals surface area contributed by atoms with E-state index in [1.165, 1.54) is 6.92 Å². The number of nitrogens with one attached hydrogen (secondary N) is 2. The number of hydrogen-bond donors (Lipinski definition) is 2. The quantitative estimate of drug-likeness (QED) is 0.799. The van der Waals surface area contributed by atoms with E-state index < -0.39 is 11.8 Å². The van der Waals surface area contributed by atoms with Gasteiger partial charge in [-0.25, -0.2) is 0 Å². The molecule has 3 amide bonds. The molecule has 6 heteroatoms. The van der Waals surface area contributed by atoms with E-state index in [2.05, 4.69) is 10.6 Å². The third-order valence-corrected chi connectivity index (χ3v) is 3.39. The second-order valence-corrected chi connectivity index (χ2v) is 4.93. The maximum absolute atomic E-state index is 11.7. The smallest absolute Gasteiger partial charge is 0.313 e. The molecule has 0 aliphatic carbocycles. The van der Waals surface area contributed by atoms with E-state index in [9.17, 15) is 14.4 Å². The topological polar surface area (TPSA) is 78.5 Å². The van der Waals surface area contributed by atoms with Crippen molar-refractivity contribution in [3.05, 3.63) is 23.8 Å². The predicted octanol–water partition coefficient (Wildman–Crippen LogP) is 1.06. The highest BCUT2D eigenvalue weighted by molar-refractivity contribution is 6.39. The van der Waals surface area contributed by atoms with Gasteiger partial charge in [0.25, 0.3) is 0 Å². The van der Waals surface area contributed by atoms with Crippen LogP contribution >= 0.6 is 0 Å². The van der Waals surface area contributed by atoms with Crippen LogP contribution < -0.4 is 15.5 Å². The zero-order valence-corrected chi connectivity index (χ0v) is 12.2. The zero-order chi connectivity index (χ0) is 15.4. The summed E-state index contributed by atoms with van der Waals surface area (Å²) >= 11 is 0. The van der Waals surface area contributed by atoms with Crippen molar-refractivity contribution in [1.29, 1.82) is 0 Å². The summed E-state index contributed by atoms with van der Waals surface area (Å²) in [5.41, 5.74) is 2.40. The van der Waals surface area contributed by atoms with Gasteiger partial charge in [0, 0.05) is 31.4 Å². The van der Waals surface area contributed by atoms with Gasteiger partial charge in [0.05, 0.1) is 0 Å². The number of benzene rings is 1. The minimum Gasteiger partial charge on any atom is -0.348 e. The Labute approximate surface area is 123 Å². The molecule has 0 atom stereocenters. The van der Waals surface area contributed by atoms with Crippen LogP contribution in [0.25, 0.3) is 0 Å². The fraction of sp³-hybridized carbons (Fsp3) is 0.400. The van der Waals surface area contributed by atoms with Crippen LogP contribution in [0.1, 0.15) is 25.8 Å². The maximum atomic E-state index is 11.7. The molecule has 1 aromatic rings. The van der Waals surface area contributed by atoms with E-state index in [1.54, 1.807) is 24.0 Å². The van der Waals surface area contributed by atoms with Crippen molar-refractivity contribution in [2.45, 2.75) is 26.7 Å². The minimum absolute atomic E-state index is 0.0249. The molecular formula is C15H19N3O3. The molecule has 1 aromatic carbocycles. The molecule has 0 radical (unpaired) electrons. The molecule has 0 saturated carbocycles. The highest BCUT2D eigenvalue weighted by Gasteiger charge is 2.21. The number of amides is 3. The molecular weight excluding hydrogens is 270 g/mol. The number of anilines is 2. The molecule has 0 saturated heterocycles. The summed E-state index contributed by atoms with van der Waals surface area (Å²) < 4.78 is 0. The average molecular weight is 289 g/mol. The molecule has 1 aliphatic rings. The number of aryl methyl sites for hydroxylation is 1. The zero-order valence-electron chi connectivity index (χ0n) is 12.2. The summed E-state index contributed by atoms with van der Waals surface area (Å²) in [6.07, 6.45) is 1.83. The van der Waals surface area contributed by atoms with Crippen molar-refractivity contribution in [3.63, 3.8) is 0 Å². The molecule has 0 spiro atoms. The van der Waals surface area contributed by atoms with Gasteiger partial charge < -0.3 is 15.5 Å². The van der Waals surface area contributed by atoms with Crippen molar-refractivity contribution < 1.29 is 14.4 Å². The largest absolute Gasteiger partial charge is 0.348 e. The van der Waals surface area contributed by atoms with Crippen LogP contribution in [-0.4, -0.2) is 30.8 Å². The van der Waals surface area contributed by atoms with Crippen molar-refractivity contribution in [3.8, 4) is 0 Å². The van der Waals surface area contributed by atoms with Gasteiger partial charge in [0.2, 0.25) is 5.91 Å². The van der Waals surface area contributed by atoms with Gasteiger partial charge in [0.1, 0.15) is 0 Å². The molecule has 1 heterocycles. The van der Waals surface area contributed by atoms with Crippen LogP contribution in [0.4, 0.5) is 11.4 Å². The van der Waals surface area contributed by atoms with Crippen molar-refractivity contribution in [1.82, 2.24) is 5.32 Å². The van der Waals surface area contributed by atoms with Crippen molar-refractivity contribution in [2.24, 2.45) is 0 Å². The van der Waals surface area contributed by atoms with Gasteiger partial charge in [0.15, 0.2) is 0 Å². The van der Waals surface area contributed by atoms with Crippen LogP contribution in [0.2, 0.25) is 0 Å². The van der Waals surface area contributed by atoms with Crippen LogP contribution in [0.5, 0.6) is 0 Å². The molecule has 2 rings (SSSR count). The Bertz CT molecular complexity index is 584. The van der Waals surface area contributed by atoms with Gasteiger partial charge in [-0.15, -0.1) is 0 Å². The monoisotopic (exact) mass is 289 g/mol. The number of carbonyl (C=O) groups is 3. The Morgan fingerprint density at radius 2 is 2.00 bits per heavy atom. The summed E-state index contributed by atoms with van der Waals surface area (Å²) in [4.78, 5) is 36.5. The average Bonchev–Trinajstić information content (AvgIpc) is 2.46. The molecule has 0 fully saturated rings. The van der Waals surface area contributed by atoms with Crippen molar-refractivity contribution >= 4 is 29.1 Å². The van der Waals surface area contributed by atoms with Crippen LogP contribution in [0, 0.1) is 0 Å². The molecule has 0 aromatic heterocycles. The number of hydrogen-bond acceptors (Lipinski definition) is 3. The third kappa shape index (κ3) is 3.39. The standard InChI is InChI=1S/C15H19N3O3/c1-3-16-14(20)15(21)17-12-7-6-11-5-4-8-18(10(2)19)13(11)9-12/h6-7,9H,3-5,8H2,1-2H3,(H,16,20)(H,17,21). The summed E-state index contributed by atoms with van der Waals surface area (Å²) in [6, 6.07) is 5.38. The molecule has 112 valence electrons. The maximum Gasteiger partial charge on any atom is 0.313 e. The van der Waals surface area contributed by atoms with Gasteiger partial charge in [-0.1, -0.05) is 6.07 Å². The first-order valence-corrected chi connectivity index (χ1v) is 7.03. The third-order valence-electron chi connectivity index (χ3n) is 3.39. The lowest BCUT2D eigenvalue weighted by Gasteiger charge is -2.29. The van der Waals surface area contributed by atoms with Gasteiger partial charge in [-0.05, 0) is 37.5 Å². The van der Waals surface area contributed by atoms with E-state index >= 15 is 0 Å². The number of rotatable bonds is 2. The molecule has 0 unspecified atom stereocenters. The Kier molecular flexibility index (Phi) is 4.57. The molecule has 1 aliphatic heterocycles. The fourth-order valence-electron chi connectivity index (χ4n) is 2.41. The van der Waals surface area contributed by atoms with Gasteiger partial charge in [-0.3, -0.25) is 14.4 Å². The number of fused-ring (bicyclic) bond motifs is 1. The first-order chi connectivity index (χ1) is 10.0. The lowest BCUT2D eigenvalue weighted by atomic mass is 10.0. The van der Waals surface area contributed by atoms with Gasteiger partial charge >= 0.3 is 11.8 Å². The van der Waals surface area contributed by atoms with Gasteiger partial charge in [-0.2, -0.15) is 0 Å². The fourth-order valence-corrected chi connectivity index (χ4v) is 2.41. The Morgan fingerprint density at radius 1 is 1.24 bits per heavy atom. The minimum atomic E-state index is -0.706.